The van der Waals surface area contributed by atoms with E-state index in [0.29, 0.717) is 11.4 Å². The van der Waals surface area contributed by atoms with Crippen LogP contribution in [-0.2, 0) is 19.7 Å². The van der Waals surface area contributed by atoms with E-state index in [1.54, 1.807) is 24.3 Å². The number of hydrogen-bond acceptors (Lipinski definition) is 9. The van der Waals surface area contributed by atoms with Crippen molar-refractivity contribution in [1.29, 1.82) is 0 Å². The van der Waals surface area contributed by atoms with Gasteiger partial charge in [-0.1, -0.05) is 13.2 Å². The molecule has 0 amide bonds. The first-order valence-electron chi connectivity index (χ1n) is 8.54. The Bertz CT molecular complexity index is 1240. The Hall–Kier alpha value is -3.28. The maximum absolute atomic E-state index is 11.8. The zero-order valence-corrected chi connectivity index (χ0v) is 18.2. The minimum atomic E-state index is -3.53. The fraction of sp³-hybridized carbons (Fsp3) is 0. The van der Waals surface area contributed by atoms with Gasteiger partial charge in [0.1, 0.15) is 0 Å². The number of hydrogen-bond donors (Lipinski definition) is 2. The minimum Gasteiger partial charge on any atom is -0.324 e. The molecule has 0 aliphatic rings. The molecule has 31 heavy (non-hydrogen) atoms. The summed E-state index contributed by atoms with van der Waals surface area (Å²) in [6.45, 7) is 6.57. The second-order valence-corrected chi connectivity index (χ2v) is 10.1. The fourth-order valence-corrected chi connectivity index (χ4v) is 3.94. The Morgan fingerprint density at radius 2 is 1.03 bits per heavy atom. The predicted octanol–water partition coefficient (Wildman–Crippen LogP) is 3.85. The van der Waals surface area contributed by atoms with E-state index < -0.39 is 19.7 Å². The molecule has 0 saturated carbocycles. The van der Waals surface area contributed by atoms with E-state index in [0.717, 1.165) is 10.8 Å². The summed E-state index contributed by atoms with van der Waals surface area (Å²) in [6, 6.07) is 11.8. The van der Waals surface area contributed by atoms with Gasteiger partial charge in [0.15, 0.2) is 19.7 Å². The third kappa shape index (κ3) is 5.45. The molecule has 0 radical (unpaired) electrons. The molecule has 2 aromatic carbocycles. The van der Waals surface area contributed by atoms with E-state index in [4.69, 9.17) is 11.6 Å². The van der Waals surface area contributed by atoms with Gasteiger partial charge in [-0.15, -0.1) is 0 Å². The average molecular weight is 478 g/mol. The van der Waals surface area contributed by atoms with Gasteiger partial charge in [0.05, 0.1) is 9.79 Å². The summed E-state index contributed by atoms with van der Waals surface area (Å²) < 4.78 is 47.2. The molecule has 0 aliphatic carbocycles. The predicted molar refractivity (Wildman–Crippen MR) is 119 cm³/mol. The fourth-order valence-electron chi connectivity index (χ4n) is 2.37. The number of anilines is 4. The zero-order chi connectivity index (χ0) is 22.6. The minimum absolute atomic E-state index is 0.0864. The molecule has 0 fully saturated rings. The summed E-state index contributed by atoms with van der Waals surface area (Å²) in [5, 5.41) is 7.47. The molecule has 1 heterocycles. The van der Waals surface area contributed by atoms with Crippen molar-refractivity contribution in [1.82, 2.24) is 15.0 Å². The van der Waals surface area contributed by atoms with Crippen molar-refractivity contribution in [2.45, 2.75) is 9.79 Å². The molecular weight excluding hydrogens is 462 g/mol. The topological polar surface area (TPSA) is 131 Å². The Balaban J connectivity index is 1.79. The highest BCUT2D eigenvalue weighted by atomic mass is 35.5. The lowest BCUT2D eigenvalue weighted by Crippen LogP contribution is -2.04. The molecule has 3 aromatic rings. The zero-order valence-electron chi connectivity index (χ0n) is 15.9. The van der Waals surface area contributed by atoms with Crippen LogP contribution in [0.2, 0.25) is 5.28 Å². The third-order valence-corrected chi connectivity index (χ3v) is 6.83. The van der Waals surface area contributed by atoms with Crippen LogP contribution in [0.5, 0.6) is 0 Å². The first-order valence-corrected chi connectivity index (χ1v) is 12.0. The lowest BCUT2D eigenvalue weighted by Gasteiger charge is -2.09. The van der Waals surface area contributed by atoms with Crippen LogP contribution in [-0.4, -0.2) is 31.8 Å². The van der Waals surface area contributed by atoms with Crippen molar-refractivity contribution in [3.63, 3.8) is 0 Å². The highest BCUT2D eigenvalue weighted by Crippen LogP contribution is 2.22. The highest BCUT2D eigenvalue weighted by molar-refractivity contribution is 7.94. The lowest BCUT2D eigenvalue weighted by molar-refractivity contribution is 0.603. The van der Waals surface area contributed by atoms with Crippen molar-refractivity contribution in [2.75, 3.05) is 10.6 Å². The van der Waals surface area contributed by atoms with Gasteiger partial charge in [0, 0.05) is 22.2 Å². The van der Waals surface area contributed by atoms with Crippen molar-refractivity contribution in [2.24, 2.45) is 0 Å². The first-order chi connectivity index (χ1) is 14.6. The van der Waals surface area contributed by atoms with Gasteiger partial charge < -0.3 is 10.6 Å². The van der Waals surface area contributed by atoms with Crippen LogP contribution in [0.15, 0.2) is 82.3 Å². The van der Waals surface area contributed by atoms with Gasteiger partial charge in [-0.05, 0) is 60.1 Å². The summed E-state index contributed by atoms with van der Waals surface area (Å²) in [7, 11) is -7.06. The summed E-state index contributed by atoms with van der Waals surface area (Å²) in [6.07, 6.45) is 0. The Morgan fingerprint density at radius 1 is 0.677 bits per heavy atom. The monoisotopic (exact) mass is 477 g/mol. The molecule has 12 heteroatoms. The van der Waals surface area contributed by atoms with Crippen molar-refractivity contribution in [3.05, 3.63) is 77.8 Å². The number of benzene rings is 2. The third-order valence-electron chi connectivity index (χ3n) is 3.92. The first kappa shape index (κ1) is 22.4. The van der Waals surface area contributed by atoms with Gasteiger partial charge in [-0.3, -0.25) is 0 Å². The van der Waals surface area contributed by atoms with Crippen LogP contribution in [0.25, 0.3) is 0 Å². The number of halogens is 1. The van der Waals surface area contributed by atoms with E-state index in [9.17, 15) is 16.8 Å². The molecule has 0 spiro atoms. The number of aromatic nitrogens is 3. The molecule has 2 N–H and O–H groups in total. The second kappa shape index (κ2) is 8.84. The molecule has 9 nitrogen and oxygen atoms in total. The van der Waals surface area contributed by atoms with Gasteiger partial charge >= 0.3 is 0 Å². The van der Waals surface area contributed by atoms with Crippen LogP contribution in [0, 0.1) is 0 Å². The molecule has 0 unspecified atom stereocenters. The van der Waals surface area contributed by atoms with E-state index >= 15 is 0 Å². The molecule has 0 aliphatic heterocycles. The quantitative estimate of drug-likeness (QED) is 0.496. The second-order valence-electron chi connectivity index (χ2n) is 5.97. The molecule has 0 bridgehead atoms. The van der Waals surface area contributed by atoms with Gasteiger partial charge in [-0.2, -0.15) is 15.0 Å². The van der Waals surface area contributed by atoms with E-state index in [-0.39, 0.29) is 27.0 Å². The molecule has 0 atom stereocenters. The van der Waals surface area contributed by atoms with Crippen molar-refractivity contribution >= 4 is 54.5 Å². The largest absolute Gasteiger partial charge is 0.324 e. The van der Waals surface area contributed by atoms with Crippen LogP contribution in [0.4, 0.5) is 23.3 Å². The number of nitrogens with one attached hydrogen (secondary N) is 2. The molecule has 3 rings (SSSR count). The van der Waals surface area contributed by atoms with Crippen LogP contribution < -0.4 is 10.6 Å². The number of rotatable bonds is 8. The van der Waals surface area contributed by atoms with Crippen LogP contribution >= 0.6 is 11.6 Å². The number of nitrogens with zero attached hydrogens (tertiary/aromatic N) is 3. The van der Waals surface area contributed by atoms with E-state index in [2.05, 4.69) is 38.7 Å². The van der Waals surface area contributed by atoms with Crippen molar-refractivity contribution in [3.8, 4) is 0 Å². The maximum Gasteiger partial charge on any atom is 0.233 e. The smallest absolute Gasteiger partial charge is 0.233 e. The standard InChI is InChI=1S/C19H16ClN5O4S2/c1-3-30(26,27)15-9-5-13(6-10-15)21-18-23-17(20)24-19(25-18)22-14-7-11-16(12-8-14)31(28,29)4-2/h3-12H,1-2H2,(H2,21,22,23,24,25). The lowest BCUT2D eigenvalue weighted by atomic mass is 10.3. The summed E-state index contributed by atoms with van der Waals surface area (Å²) >= 11 is 5.97. The van der Waals surface area contributed by atoms with Crippen LogP contribution in [0.3, 0.4) is 0 Å². The molecule has 0 saturated heterocycles. The van der Waals surface area contributed by atoms with Gasteiger partial charge in [0.25, 0.3) is 0 Å². The normalized spacial score (nSPS) is 11.5. The van der Waals surface area contributed by atoms with E-state index in [1.807, 2.05) is 0 Å². The van der Waals surface area contributed by atoms with Crippen molar-refractivity contribution < 1.29 is 16.8 Å². The van der Waals surface area contributed by atoms with Gasteiger partial charge in [0.2, 0.25) is 17.2 Å². The Morgan fingerprint density at radius 3 is 1.35 bits per heavy atom. The molecule has 160 valence electrons. The Kier molecular flexibility index (Phi) is 6.39. The average Bonchev–Trinajstić information content (AvgIpc) is 2.74. The summed E-state index contributed by atoms with van der Waals surface area (Å²) in [4.78, 5) is 12.4. The van der Waals surface area contributed by atoms with Gasteiger partial charge in [-0.25, -0.2) is 16.8 Å². The molecule has 1 aromatic heterocycles. The summed E-state index contributed by atoms with van der Waals surface area (Å²) in [5.74, 6) is 0.236. The molecular formula is C19H16ClN5O4S2. The van der Waals surface area contributed by atoms with E-state index in [1.165, 1.54) is 24.3 Å². The highest BCUT2D eigenvalue weighted by Gasteiger charge is 2.11. The van der Waals surface area contributed by atoms with Crippen LogP contribution in [0.1, 0.15) is 0 Å². The number of sulfone groups is 2. The SMILES string of the molecule is C=CS(=O)(=O)c1ccc(Nc2nc(Cl)nc(Nc3ccc(S(=O)(=O)C=C)cc3)n2)cc1. The Labute approximate surface area is 184 Å². The summed E-state index contributed by atoms with van der Waals surface area (Å²) in [5.41, 5.74) is 1.05. The maximum atomic E-state index is 11.8.